The first-order valence-electron chi connectivity index (χ1n) is 8.49. The summed E-state index contributed by atoms with van der Waals surface area (Å²) in [5.41, 5.74) is 12.6. The maximum Gasteiger partial charge on any atom is 0.263 e. The maximum atomic E-state index is 13.4. The van der Waals surface area contributed by atoms with Crippen molar-refractivity contribution < 1.29 is 4.79 Å². The predicted octanol–water partition coefficient (Wildman–Crippen LogP) is 3.74. The molecule has 1 aromatic heterocycles. The third kappa shape index (κ3) is 3.21. The largest absolute Gasteiger partial charge is 0.369 e. The second kappa shape index (κ2) is 7.17. The quantitative estimate of drug-likeness (QED) is 0.317. The molecule has 0 atom stereocenters. The van der Waals surface area contributed by atoms with Crippen molar-refractivity contribution in [2.45, 2.75) is 0 Å². The van der Waals surface area contributed by atoms with E-state index in [0.717, 1.165) is 16.2 Å². The zero-order valence-electron chi connectivity index (χ0n) is 14.7. The third-order valence-corrected chi connectivity index (χ3v) is 4.64. The van der Waals surface area contributed by atoms with Gasteiger partial charge in [0, 0.05) is 27.7 Å². The summed E-state index contributed by atoms with van der Waals surface area (Å²) in [6.07, 6.45) is 3.20. The lowest BCUT2D eigenvalue weighted by molar-refractivity contribution is 0.0966. The first kappa shape index (κ1) is 17.8. The Bertz CT molecular complexity index is 1260. The first-order valence-corrected chi connectivity index (χ1v) is 8.87. The van der Waals surface area contributed by atoms with Gasteiger partial charge < -0.3 is 11.5 Å². The number of fused-ring (bicyclic) bond motifs is 2. The molecular weight excluding hydrogens is 374 g/mol. The highest BCUT2D eigenvalue weighted by atomic mass is 35.5. The fourth-order valence-electron chi connectivity index (χ4n) is 3.20. The summed E-state index contributed by atoms with van der Waals surface area (Å²) in [7, 11) is 0. The number of guanidine groups is 1. The van der Waals surface area contributed by atoms with Gasteiger partial charge in [0.2, 0.25) is 5.96 Å². The van der Waals surface area contributed by atoms with E-state index < -0.39 is 0 Å². The number of nitrogens with two attached hydrogens (primary N) is 2. The zero-order valence-corrected chi connectivity index (χ0v) is 15.5. The number of hydrogen-bond acceptors (Lipinski definition) is 3. The summed E-state index contributed by atoms with van der Waals surface area (Å²) in [4.78, 5) is 13.4. The predicted molar refractivity (Wildman–Crippen MR) is 114 cm³/mol. The van der Waals surface area contributed by atoms with Crippen molar-refractivity contribution in [3.63, 3.8) is 0 Å². The Hall–Kier alpha value is -3.64. The van der Waals surface area contributed by atoms with Gasteiger partial charge in [-0.1, -0.05) is 48.0 Å². The SMILES string of the molecule is NC(N)=N/N=C/c1cn(C(=O)c2cccc3ccccc23)c2ccc(Cl)cc12. The minimum Gasteiger partial charge on any atom is -0.369 e. The Labute approximate surface area is 165 Å². The second-order valence-electron chi connectivity index (χ2n) is 6.22. The van der Waals surface area contributed by atoms with Crippen molar-refractivity contribution in [1.82, 2.24) is 4.57 Å². The minimum atomic E-state index is -0.148. The van der Waals surface area contributed by atoms with Crippen LogP contribution in [0.4, 0.5) is 0 Å². The van der Waals surface area contributed by atoms with Gasteiger partial charge in [-0.2, -0.15) is 5.10 Å². The third-order valence-electron chi connectivity index (χ3n) is 4.41. The Morgan fingerprint density at radius 1 is 1.00 bits per heavy atom. The summed E-state index contributed by atoms with van der Waals surface area (Å²) >= 11 is 6.15. The number of nitrogens with zero attached hydrogens (tertiary/aromatic N) is 3. The van der Waals surface area contributed by atoms with Crippen LogP contribution in [0.3, 0.4) is 0 Å². The zero-order chi connectivity index (χ0) is 19.7. The summed E-state index contributed by atoms with van der Waals surface area (Å²) in [5, 5.41) is 10.7. The van der Waals surface area contributed by atoms with Gasteiger partial charge in [-0.3, -0.25) is 9.36 Å². The number of carbonyl (C=O) groups is 1. The Morgan fingerprint density at radius 3 is 2.61 bits per heavy atom. The number of rotatable bonds is 3. The summed E-state index contributed by atoms with van der Waals surface area (Å²) < 4.78 is 1.59. The lowest BCUT2D eigenvalue weighted by Crippen LogP contribution is -2.21. The fourth-order valence-corrected chi connectivity index (χ4v) is 3.37. The van der Waals surface area contributed by atoms with E-state index >= 15 is 0 Å². The molecule has 7 heteroatoms. The molecular formula is C21H16ClN5O. The molecule has 0 radical (unpaired) electrons. The van der Waals surface area contributed by atoms with Crippen molar-refractivity contribution in [3.05, 3.63) is 83.0 Å². The smallest absolute Gasteiger partial charge is 0.263 e. The van der Waals surface area contributed by atoms with Crippen LogP contribution >= 0.6 is 11.6 Å². The molecule has 4 N–H and O–H groups in total. The van der Waals surface area contributed by atoms with E-state index in [4.69, 9.17) is 23.1 Å². The van der Waals surface area contributed by atoms with E-state index in [0.29, 0.717) is 21.7 Å². The molecule has 0 aliphatic heterocycles. The van der Waals surface area contributed by atoms with Crippen LogP contribution in [-0.2, 0) is 0 Å². The average molecular weight is 390 g/mol. The number of hydrogen-bond donors (Lipinski definition) is 2. The number of halogens is 1. The van der Waals surface area contributed by atoms with Gasteiger partial charge in [0.1, 0.15) is 0 Å². The van der Waals surface area contributed by atoms with Crippen LogP contribution in [0.5, 0.6) is 0 Å². The molecule has 0 fully saturated rings. The number of carbonyl (C=O) groups excluding carboxylic acids is 1. The molecule has 28 heavy (non-hydrogen) atoms. The molecule has 1 heterocycles. The highest BCUT2D eigenvalue weighted by Gasteiger charge is 2.17. The monoisotopic (exact) mass is 389 g/mol. The van der Waals surface area contributed by atoms with Gasteiger partial charge >= 0.3 is 0 Å². The Balaban J connectivity index is 1.90. The van der Waals surface area contributed by atoms with Crippen LogP contribution < -0.4 is 11.5 Å². The first-order chi connectivity index (χ1) is 13.5. The van der Waals surface area contributed by atoms with E-state index in [1.807, 2.05) is 42.5 Å². The standard InChI is InChI=1S/C21H16ClN5O/c22-15-8-9-19-18(10-15)14(11-25-26-21(23)24)12-27(19)20(28)17-7-3-5-13-4-1-2-6-16(13)17/h1-12H,(H4,23,24,26)/b25-11+. The van der Waals surface area contributed by atoms with Crippen LogP contribution in [0.15, 0.2) is 77.1 Å². The molecule has 3 aromatic carbocycles. The molecule has 6 nitrogen and oxygen atoms in total. The van der Waals surface area contributed by atoms with Gasteiger partial charge in [-0.25, -0.2) is 0 Å². The topological polar surface area (TPSA) is 98.8 Å². The van der Waals surface area contributed by atoms with E-state index in [1.54, 1.807) is 29.0 Å². The van der Waals surface area contributed by atoms with E-state index in [-0.39, 0.29) is 11.9 Å². The average Bonchev–Trinajstić information content (AvgIpc) is 3.04. The Morgan fingerprint density at radius 2 is 1.79 bits per heavy atom. The van der Waals surface area contributed by atoms with Gasteiger partial charge in [0.25, 0.3) is 5.91 Å². The molecule has 0 aliphatic rings. The van der Waals surface area contributed by atoms with Crippen LogP contribution in [0, 0.1) is 0 Å². The summed E-state index contributed by atoms with van der Waals surface area (Å²) in [5.74, 6) is -0.296. The summed E-state index contributed by atoms with van der Waals surface area (Å²) in [6.45, 7) is 0. The molecule has 0 unspecified atom stereocenters. The van der Waals surface area contributed by atoms with E-state index in [2.05, 4.69) is 10.2 Å². The molecule has 138 valence electrons. The second-order valence-corrected chi connectivity index (χ2v) is 6.65. The molecule has 0 bridgehead atoms. The van der Waals surface area contributed by atoms with Gasteiger partial charge in [0.05, 0.1) is 11.7 Å². The molecule has 4 rings (SSSR count). The van der Waals surface area contributed by atoms with Gasteiger partial charge in [0.15, 0.2) is 0 Å². The molecule has 0 saturated heterocycles. The lowest BCUT2D eigenvalue weighted by Gasteiger charge is -2.08. The highest BCUT2D eigenvalue weighted by molar-refractivity contribution is 6.31. The molecule has 0 amide bonds. The van der Waals surface area contributed by atoms with Crippen molar-refractivity contribution in [1.29, 1.82) is 0 Å². The van der Waals surface area contributed by atoms with Crippen molar-refractivity contribution in [2.75, 3.05) is 0 Å². The van der Waals surface area contributed by atoms with Crippen LogP contribution in [0.2, 0.25) is 5.02 Å². The molecule has 0 aliphatic carbocycles. The van der Waals surface area contributed by atoms with Crippen molar-refractivity contribution in [2.24, 2.45) is 21.7 Å². The van der Waals surface area contributed by atoms with Crippen molar-refractivity contribution >= 4 is 51.4 Å². The summed E-state index contributed by atoms with van der Waals surface area (Å²) in [6, 6.07) is 18.8. The molecule has 0 spiro atoms. The van der Waals surface area contributed by atoms with E-state index in [9.17, 15) is 4.79 Å². The Kier molecular flexibility index (Phi) is 4.55. The lowest BCUT2D eigenvalue weighted by atomic mass is 10.0. The maximum absolute atomic E-state index is 13.4. The van der Waals surface area contributed by atoms with Crippen LogP contribution in [0.1, 0.15) is 15.9 Å². The molecule has 0 saturated carbocycles. The number of aromatic nitrogens is 1. The van der Waals surface area contributed by atoms with Crippen molar-refractivity contribution in [3.8, 4) is 0 Å². The minimum absolute atomic E-state index is 0.148. The van der Waals surface area contributed by atoms with Gasteiger partial charge in [-0.15, -0.1) is 5.10 Å². The molecule has 4 aromatic rings. The number of benzene rings is 3. The van der Waals surface area contributed by atoms with Gasteiger partial charge in [-0.05, 0) is 35.0 Å². The normalized spacial score (nSPS) is 11.3. The fraction of sp³-hybridized carbons (Fsp3) is 0. The highest BCUT2D eigenvalue weighted by Crippen LogP contribution is 2.27. The van der Waals surface area contributed by atoms with E-state index in [1.165, 1.54) is 6.21 Å². The van der Waals surface area contributed by atoms with Crippen LogP contribution in [0.25, 0.3) is 21.7 Å². The van der Waals surface area contributed by atoms with Crippen LogP contribution in [-0.4, -0.2) is 22.6 Å².